The summed E-state index contributed by atoms with van der Waals surface area (Å²) in [5, 5.41) is 14.2. The van der Waals surface area contributed by atoms with E-state index in [-0.39, 0.29) is 17.5 Å². The van der Waals surface area contributed by atoms with E-state index in [4.69, 9.17) is 4.74 Å². The predicted octanol–water partition coefficient (Wildman–Crippen LogP) is 3.45. The number of anilines is 1. The molecule has 100 valence electrons. The highest BCUT2D eigenvalue weighted by molar-refractivity contribution is 5.58. The minimum Gasteiger partial charge on any atom is -0.490 e. The molecule has 0 aromatic heterocycles. The number of nitro benzene ring substituents is 1. The summed E-state index contributed by atoms with van der Waals surface area (Å²) < 4.78 is 4.97. The summed E-state index contributed by atoms with van der Waals surface area (Å²) in [5.74, 6) is 0.785. The number of ether oxygens (including phenoxy) is 1. The highest BCUT2D eigenvalue weighted by Gasteiger charge is 2.17. The number of nitrogens with zero attached hydrogens (tertiary/aromatic N) is 1. The molecule has 2 atom stereocenters. The van der Waals surface area contributed by atoms with Gasteiger partial charge in [-0.05, 0) is 25.0 Å². The molecule has 1 aromatic carbocycles. The predicted molar refractivity (Wildman–Crippen MR) is 72.2 cm³/mol. The van der Waals surface area contributed by atoms with Gasteiger partial charge in [-0.2, -0.15) is 0 Å². The largest absolute Gasteiger partial charge is 0.490 e. The molecule has 5 heteroatoms. The van der Waals surface area contributed by atoms with Gasteiger partial charge in [-0.25, -0.2) is 0 Å². The smallest absolute Gasteiger partial charge is 0.312 e. The topological polar surface area (TPSA) is 64.4 Å². The molecule has 18 heavy (non-hydrogen) atoms. The molecule has 0 bridgehead atoms. The number of methoxy groups -OCH3 is 1. The fourth-order valence-electron chi connectivity index (χ4n) is 1.68. The van der Waals surface area contributed by atoms with E-state index in [0.29, 0.717) is 5.92 Å². The highest BCUT2D eigenvalue weighted by Crippen LogP contribution is 2.30. The standard InChI is InChI=1S/C13H20N2O3/c1-5-9(2)10(3)14-11-6-7-13(18-4)12(8-11)15(16)17/h6-10,14H,5H2,1-4H3. The van der Waals surface area contributed by atoms with Crippen molar-refractivity contribution >= 4 is 11.4 Å². The van der Waals surface area contributed by atoms with Gasteiger partial charge in [0.15, 0.2) is 5.75 Å². The van der Waals surface area contributed by atoms with E-state index in [9.17, 15) is 10.1 Å². The van der Waals surface area contributed by atoms with Crippen LogP contribution in [0.5, 0.6) is 5.75 Å². The van der Waals surface area contributed by atoms with Crippen molar-refractivity contribution in [1.29, 1.82) is 0 Å². The minimum absolute atomic E-state index is 0.0150. The van der Waals surface area contributed by atoms with Crippen molar-refractivity contribution in [3.05, 3.63) is 28.3 Å². The first-order valence-corrected chi connectivity index (χ1v) is 6.08. The monoisotopic (exact) mass is 252 g/mol. The van der Waals surface area contributed by atoms with Crippen LogP contribution in [0.3, 0.4) is 0 Å². The molecule has 0 aliphatic heterocycles. The first-order chi connectivity index (χ1) is 8.49. The lowest BCUT2D eigenvalue weighted by atomic mass is 10.0. The Morgan fingerprint density at radius 3 is 2.61 bits per heavy atom. The fraction of sp³-hybridized carbons (Fsp3) is 0.538. The van der Waals surface area contributed by atoms with Gasteiger partial charge in [-0.3, -0.25) is 10.1 Å². The second kappa shape index (κ2) is 6.23. The summed E-state index contributed by atoms with van der Waals surface area (Å²) >= 11 is 0. The van der Waals surface area contributed by atoms with Crippen molar-refractivity contribution < 1.29 is 9.66 Å². The molecular weight excluding hydrogens is 232 g/mol. The molecule has 0 aliphatic carbocycles. The zero-order valence-electron chi connectivity index (χ0n) is 11.3. The summed E-state index contributed by atoms with van der Waals surface area (Å²) in [5.41, 5.74) is 0.731. The summed E-state index contributed by atoms with van der Waals surface area (Å²) in [4.78, 5) is 10.5. The van der Waals surface area contributed by atoms with Crippen LogP contribution in [-0.2, 0) is 0 Å². The quantitative estimate of drug-likeness (QED) is 0.622. The Morgan fingerprint density at radius 1 is 1.44 bits per heavy atom. The van der Waals surface area contributed by atoms with E-state index in [1.165, 1.54) is 13.2 Å². The maximum atomic E-state index is 10.9. The van der Waals surface area contributed by atoms with Crippen LogP contribution in [0.2, 0.25) is 0 Å². The van der Waals surface area contributed by atoms with Crippen LogP contribution in [0.4, 0.5) is 11.4 Å². The molecule has 5 nitrogen and oxygen atoms in total. The van der Waals surface area contributed by atoms with E-state index < -0.39 is 4.92 Å². The normalized spacial score (nSPS) is 13.8. The molecule has 2 unspecified atom stereocenters. The van der Waals surface area contributed by atoms with E-state index in [1.807, 2.05) is 0 Å². The van der Waals surface area contributed by atoms with Crippen LogP contribution < -0.4 is 10.1 Å². The van der Waals surface area contributed by atoms with Crippen LogP contribution >= 0.6 is 0 Å². The van der Waals surface area contributed by atoms with Gasteiger partial charge in [0.05, 0.1) is 12.0 Å². The Morgan fingerprint density at radius 2 is 2.11 bits per heavy atom. The molecule has 0 radical (unpaired) electrons. The molecule has 0 aliphatic rings. The molecule has 1 N–H and O–H groups in total. The van der Waals surface area contributed by atoms with Gasteiger partial charge < -0.3 is 10.1 Å². The third-order valence-corrected chi connectivity index (χ3v) is 3.27. The molecule has 0 spiro atoms. The number of rotatable bonds is 6. The van der Waals surface area contributed by atoms with E-state index in [1.54, 1.807) is 12.1 Å². The Balaban J connectivity index is 2.91. The third-order valence-electron chi connectivity index (χ3n) is 3.27. The summed E-state index contributed by atoms with van der Waals surface area (Å²) in [6.07, 6.45) is 1.06. The second-order valence-corrected chi connectivity index (χ2v) is 4.46. The zero-order chi connectivity index (χ0) is 13.7. The number of benzene rings is 1. The lowest BCUT2D eigenvalue weighted by molar-refractivity contribution is -0.385. The van der Waals surface area contributed by atoms with Crippen LogP contribution in [0, 0.1) is 16.0 Å². The number of hydrogen-bond donors (Lipinski definition) is 1. The molecule has 0 heterocycles. The summed E-state index contributed by atoms with van der Waals surface area (Å²) in [7, 11) is 1.43. The first kappa shape index (κ1) is 14.3. The van der Waals surface area contributed by atoms with Crippen molar-refractivity contribution in [2.24, 2.45) is 5.92 Å². The second-order valence-electron chi connectivity index (χ2n) is 4.46. The van der Waals surface area contributed by atoms with Gasteiger partial charge in [0.2, 0.25) is 0 Å². The van der Waals surface area contributed by atoms with Gasteiger partial charge in [0.1, 0.15) is 0 Å². The number of nitrogens with one attached hydrogen (secondary N) is 1. The Labute approximate surface area is 107 Å². The molecule has 0 saturated carbocycles. The van der Waals surface area contributed by atoms with Crippen LogP contribution in [0.1, 0.15) is 27.2 Å². The van der Waals surface area contributed by atoms with Gasteiger partial charge in [0, 0.05) is 17.8 Å². The minimum atomic E-state index is -0.433. The fourth-order valence-corrected chi connectivity index (χ4v) is 1.68. The summed E-state index contributed by atoms with van der Waals surface area (Å²) in [6.45, 7) is 6.35. The summed E-state index contributed by atoms with van der Waals surface area (Å²) in [6, 6.07) is 5.19. The average Bonchev–Trinajstić information content (AvgIpc) is 2.37. The van der Waals surface area contributed by atoms with Crippen molar-refractivity contribution in [3.63, 3.8) is 0 Å². The van der Waals surface area contributed by atoms with Crippen LogP contribution in [0.15, 0.2) is 18.2 Å². The molecule has 0 fully saturated rings. The number of nitro groups is 1. The maximum absolute atomic E-state index is 10.9. The van der Waals surface area contributed by atoms with Gasteiger partial charge in [-0.1, -0.05) is 20.3 Å². The molecule has 0 saturated heterocycles. The lowest BCUT2D eigenvalue weighted by Gasteiger charge is -2.21. The molecular formula is C13H20N2O3. The maximum Gasteiger partial charge on any atom is 0.312 e. The lowest BCUT2D eigenvalue weighted by Crippen LogP contribution is -2.23. The van der Waals surface area contributed by atoms with E-state index in [0.717, 1.165) is 12.1 Å². The van der Waals surface area contributed by atoms with Crippen molar-refractivity contribution in [3.8, 4) is 5.75 Å². The third kappa shape index (κ3) is 3.35. The van der Waals surface area contributed by atoms with Crippen molar-refractivity contribution in [2.75, 3.05) is 12.4 Å². The molecule has 1 aromatic rings. The van der Waals surface area contributed by atoms with E-state index >= 15 is 0 Å². The van der Waals surface area contributed by atoms with Crippen LogP contribution in [0.25, 0.3) is 0 Å². The highest BCUT2D eigenvalue weighted by atomic mass is 16.6. The van der Waals surface area contributed by atoms with Crippen molar-refractivity contribution in [1.82, 2.24) is 0 Å². The Kier molecular flexibility index (Phi) is 4.95. The van der Waals surface area contributed by atoms with E-state index in [2.05, 4.69) is 26.1 Å². The number of hydrogen-bond acceptors (Lipinski definition) is 4. The molecule has 1 rings (SSSR count). The SMILES string of the molecule is CCC(C)C(C)Nc1ccc(OC)c([N+](=O)[O-])c1. The van der Waals surface area contributed by atoms with Crippen LogP contribution in [-0.4, -0.2) is 18.1 Å². The first-order valence-electron chi connectivity index (χ1n) is 6.08. The van der Waals surface area contributed by atoms with Gasteiger partial charge >= 0.3 is 5.69 Å². The van der Waals surface area contributed by atoms with Crippen molar-refractivity contribution in [2.45, 2.75) is 33.2 Å². The van der Waals surface area contributed by atoms with Gasteiger partial charge in [0.25, 0.3) is 0 Å². The Hall–Kier alpha value is -1.78. The van der Waals surface area contributed by atoms with Gasteiger partial charge in [-0.15, -0.1) is 0 Å². The average molecular weight is 252 g/mol. The molecule has 0 amide bonds. The Bertz CT molecular complexity index is 421. The zero-order valence-corrected chi connectivity index (χ0v) is 11.3.